The molecule has 5 aliphatic rings. The Morgan fingerprint density at radius 1 is 0.906 bits per heavy atom. The number of ether oxygens (including phenoxy) is 3. The fraction of sp³-hybridized carbons (Fsp3) is 0.391. The van der Waals surface area contributed by atoms with Crippen LogP contribution in [0.2, 0.25) is 0 Å². The summed E-state index contributed by atoms with van der Waals surface area (Å²) in [5.41, 5.74) is 4.19. The molecule has 21 heteroatoms. The summed E-state index contributed by atoms with van der Waals surface area (Å²) in [5.74, 6) is -2.27. The summed E-state index contributed by atoms with van der Waals surface area (Å²) in [4.78, 5) is 47.7. The van der Waals surface area contributed by atoms with Gasteiger partial charge in [0.25, 0.3) is 0 Å². The SMILES string of the molecule is CCc1c(F)ccc2cc(O)cc(-c3ncc4c(N5CC6CCCC5CN6)nc(OC5CCOCC5)nc4c3OCc3ccc(-c4cn([C@H](C(=O)N5C[C@H](O)C[C@H]5C(=O)N[C@@H](CO)c5ccc(-c6c(F)cccc6F)cc5)C(C)C)nn4)cc3)c12. The van der Waals surface area contributed by atoms with Gasteiger partial charge in [-0.3, -0.25) is 14.6 Å². The molecule has 0 aliphatic carbocycles. The lowest BCUT2D eigenvalue weighted by Gasteiger charge is -2.39. The molecule has 2 amide bonds. The zero-order chi connectivity index (χ0) is 59.0. The van der Waals surface area contributed by atoms with Gasteiger partial charge in [-0.25, -0.2) is 17.9 Å². The fourth-order valence-corrected chi connectivity index (χ4v) is 12.6. The van der Waals surface area contributed by atoms with Crippen molar-refractivity contribution in [1.29, 1.82) is 0 Å². The number of fused-ring (bicyclic) bond motifs is 6. The Hall–Kier alpha value is -8.24. The van der Waals surface area contributed by atoms with Gasteiger partial charge in [0.05, 0.1) is 49.1 Å². The van der Waals surface area contributed by atoms with Crippen LogP contribution in [0.4, 0.5) is 19.0 Å². The molecule has 5 aromatic carbocycles. The van der Waals surface area contributed by atoms with E-state index < -0.39 is 54.3 Å². The molecular formula is C64H67F3N10O8. The monoisotopic (exact) mass is 1160 g/mol. The van der Waals surface area contributed by atoms with Crippen molar-refractivity contribution in [2.24, 2.45) is 5.92 Å². The molecule has 85 heavy (non-hydrogen) atoms. The number of amides is 2. The summed E-state index contributed by atoms with van der Waals surface area (Å²) in [5, 5.41) is 49.8. The smallest absolute Gasteiger partial charge is 0.319 e. The van der Waals surface area contributed by atoms with Gasteiger partial charge in [0, 0.05) is 68.3 Å². The number of β-amino-alcohol motifs (C(OH)–C–C–N with tert-alkyl or cyclic N) is 1. The summed E-state index contributed by atoms with van der Waals surface area (Å²) in [6, 6.07) is 21.2. The number of carbonyl (C=O) groups excluding carboxylic acids is 2. The number of hydrogen-bond donors (Lipinski definition) is 5. The molecule has 5 fully saturated rings. The fourth-order valence-electron chi connectivity index (χ4n) is 12.6. The van der Waals surface area contributed by atoms with Crippen LogP contribution < -0.4 is 25.0 Å². The van der Waals surface area contributed by atoms with Gasteiger partial charge in [-0.2, -0.15) is 9.97 Å². The Bertz CT molecular complexity index is 3750. The molecule has 0 spiro atoms. The number of benzene rings is 5. The second-order valence-corrected chi connectivity index (χ2v) is 22.9. The number of aliphatic hydroxyl groups is 2. The number of aliphatic hydroxyl groups excluding tert-OH is 2. The number of hydrogen-bond acceptors (Lipinski definition) is 15. The largest absolute Gasteiger partial charge is 0.508 e. The van der Waals surface area contributed by atoms with Crippen molar-refractivity contribution >= 4 is 39.3 Å². The van der Waals surface area contributed by atoms with Gasteiger partial charge in [0.15, 0.2) is 5.75 Å². The van der Waals surface area contributed by atoms with E-state index >= 15 is 4.39 Å². The Kier molecular flexibility index (Phi) is 16.4. The zero-order valence-electron chi connectivity index (χ0n) is 47.4. The number of pyridine rings is 1. The molecule has 5 saturated heterocycles. The first-order chi connectivity index (χ1) is 41.2. The van der Waals surface area contributed by atoms with Gasteiger partial charge in [-0.05, 0) is 95.0 Å². The standard InChI is InChI=1S/C64H67F3N10O8/c1-4-46-49(65)20-19-40-25-43(79)26-47(55(40)46)57-60(58-48(29-69-57)61(75-30-41-7-5-8-42(75)28-68-41)72-64(71-58)85-45-21-23-83-24-22-45)84-34-36-11-13-37(14-12-36)52-32-77(74-73-52)59(35(2)3)63(82)76-31-44(80)27-54(76)62(81)70-53(33-78)38-15-17-39(18-16-38)56-50(66)9-6-10-51(56)67/h6,9-20,25-26,29,32,35,41-42,44-45,53-54,59,68,78-80H,4-5,7-8,21-24,27-28,30-31,33-34H2,1-3H3,(H,70,81)/t41?,42?,44-,53+,54+,59+/m1/s1. The minimum absolute atomic E-state index is 0.0275. The van der Waals surface area contributed by atoms with E-state index in [-0.39, 0.29) is 72.4 Å². The van der Waals surface area contributed by atoms with Crippen LogP contribution in [0.3, 0.4) is 0 Å². The normalized spacial score (nSPS) is 19.8. The van der Waals surface area contributed by atoms with E-state index in [0.717, 1.165) is 50.0 Å². The summed E-state index contributed by atoms with van der Waals surface area (Å²) >= 11 is 0. The maximum absolute atomic E-state index is 15.8. The lowest BCUT2D eigenvalue weighted by Crippen LogP contribution is -2.54. The predicted molar refractivity (Wildman–Crippen MR) is 312 cm³/mol. The predicted octanol–water partition coefficient (Wildman–Crippen LogP) is 8.93. The number of aryl methyl sites for hydroxylation is 1. The van der Waals surface area contributed by atoms with Crippen molar-refractivity contribution in [3.8, 4) is 51.2 Å². The van der Waals surface area contributed by atoms with Crippen LogP contribution >= 0.6 is 0 Å². The third-order valence-electron chi connectivity index (χ3n) is 17.0. The molecule has 0 saturated carbocycles. The summed E-state index contributed by atoms with van der Waals surface area (Å²) in [6.45, 7) is 7.63. The summed E-state index contributed by atoms with van der Waals surface area (Å²) in [7, 11) is 0. The van der Waals surface area contributed by atoms with Crippen LogP contribution in [0.25, 0.3) is 55.3 Å². The number of nitrogens with zero attached hydrogens (tertiary/aromatic N) is 8. The van der Waals surface area contributed by atoms with Gasteiger partial charge in [0.2, 0.25) is 11.8 Å². The average molecular weight is 1160 g/mol. The van der Waals surface area contributed by atoms with E-state index in [2.05, 4.69) is 25.8 Å². The van der Waals surface area contributed by atoms with E-state index in [0.29, 0.717) is 99.4 Å². The first-order valence-electron chi connectivity index (χ1n) is 29.2. The number of aromatic hydroxyl groups is 1. The van der Waals surface area contributed by atoms with E-state index in [1.807, 2.05) is 45.0 Å². The quantitative estimate of drug-likeness (QED) is 0.0574. The second kappa shape index (κ2) is 24.4. The molecule has 6 atom stereocenters. The molecule has 3 aromatic heterocycles. The molecule has 8 heterocycles. The van der Waals surface area contributed by atoms with Crippen molar-refractivity contribution in [2.45, 2.75) is 115 Å². The van der Waals surface area contributed by atoms with Crippen molar-refractivity contribution in [2.75, 3.05) is 44.4 Å². The molecule has 18 nitrogen and oxygen atoms in total. The highest BCUT2D eigenvalue weighted by Gasteiger charge is 2.43. The number of phenolic OH excluding ortho intramolecular Hbond substituents is 1. The molecule has 13 rings (SSSR count). The topological polar surface area (TPSA) is 222 Å². The number of aromatic nitrogens is 6. The van der Waals surface area contributed by atoms with Gasteiger partial charge >= 0.3 is 6.01 Å². The molecule has 2 bridgehead atoms. The highest BCUT2D eigenvalue weighted by Crippen LogP contribution is 2.45. The third-order valence-corrected chi connectivity index (χ3v) is 17.0. The number of anilines is 1. The molecular weight excluding hydrogens is 1090 g/mol. The van der Waals surface area contributed by atoms with Crippen LogP contribution in [0.5, 0.6) is 17.5 Å². The number of halogens is 3. The molecule has 442 valence electrons. The molecule has 5 N–H and O–H groups in total. The van der Waals surface area contributed by atoms with Crippen molar-refractivity contribution in [3.63, 3.8) is 0 Å². The van der Waals surface area contributed by atoms with Crippen LogP contribution in [0.1, 0.15) is 88.1 Å². The lowest BCUT2D eigenvalue weighted by atomic mass is 9.94. The molecule has 0 radical (unpaired) electrons. The lowest BCUT2D eigenvalue weighted by molar-refractivity contribution is -0.142. The number of rotatable bonds is 17. The van der Waals surface area contributed by atoms with E-state index in [9.17, 15) is 33.7 Å². The molecule has 8 aromatic rings. The average Bonchev–Trinajstić information content (AvgIpc) is 1.78. The minimum Gasteiger partial charge on any atom is -0.508 e. The Balaban J connectivity index is 0.821. The van der Waals surface area contributed by atoms with Gasteiger partial charge in [-0.1, -0.05) is 86.6 Å². The highest BCUT2D eigenvalue weighted by molar-refractivity contribution is 6.04. The Morgan fingerprint density at radius 2 is 1.67 bits per heavy atom. The van der Waals surface area contributed by atoms with E-state index in [1.54, 1.807) is 42.7 Å². The maximum Gasteiger partial charge on any atom is 0.319 e. The summed E-state index contributed by atoms with van der Waals surface area (Å²) in [6.07, 6.45) is 7.02. The number of nitrogens with one attached hydrogen (secondary N) is 2. The van der Waals surface area contributed by atoms with Gasteiger partial charge in [-0.15, -0.1) is 5.10 Å². The number of phenols is 1. The van der Waals surface area contributed by atoms with E-state index in [4.69, 9.17) is 29.2 Å². The Labute approximate surface area is 489 Å². The molecule has 5 aliphatic heterocycles. The zero-order valence-corrected chi connectivity index (χ0v) is 47.4. The van der Waals surface area contributed by atoms with Crippen LogP contribution in [-0.4, -0.2) is 132 Å². The number of likely N-dealkylation sites (tertiary alicyclic amines) is 1. The van der Waals surface area contributed by atoms with Crippen molar-refractivity contribution < 1.29 is 52.3 Å². The maximum atomic E-state index is 15.8. The third kappa shape index (κ3) is 11.6. The first-order valence-corrected chi connectivity index (χ1v) is 29.2. The Morgan fingerprint density at radius 3 is 2.41 bits per heavy atom. The number of piperazine rings is 1. The summed E-state index contributed by atoms with van der Waals surface area (Å²) < 4.78 is 65.6. The van der Waals surface area contributed by atoms with E-state index in [1.165, 1.54) is 33.8 Å². The highest BCUT2D eigenvalue weighted by atomic mass is 19.1. The first kappa shape index (κ1) is 57.2. The van der Waals surface area contributed by atoms with Crippen LogP contribution in [0.15, 0.2) is 103 Å². The molecule has 2 unspecified atom stereocenters. The second-order valence-electron chi connectivity index (χ2n) is 22.9. The van der Waals surface area contributed by atoms with Crippen LogP contribution in [0, 0.1) is 23.4 Å². The van der Waals surface area contributed by atoms with Crippen molar-refractivity contribution in [3.05, 3.63) is 138 Å². The van der Waals surface area contributed by atoms with Gasteiger partial charge < -0.3 is 50.0 Å². The van der Waals surface area contributed by atoms with Gasteiger partial charge in [0.1, 0.15) is 70.7 Å². The minimum atomic E-state index is -1.09. The van der Waals surface area contributed by atoms with Crippen LogP contribution in [-0.2, 0) is 27.4 Å². The van der Waals surface area contributed by atoms with Crippen molar-refractivity contribution in [1.82, 2.24) is 45.5 Å². The number of carbonyl (C=O) groups is 2.